The van der Waals surface area contributed by atoms with E-state index >= 15 is 0 Å². The summed E-state index contributed by atoms with van der Waals surface area (Å²) in [6.45, 7) is 10.7. The van der Waals surface area contributed by atoms with Crippen LogP contribution in [0.25, 0.3) is 5.69 Å². The molecule has 0 saturated heterocycles. The zero-order valence-electron chi connectivity index (χ0n) is 17.3. The van der Waals surface area contributed by atoms with E-state index in [4.69, 9.17) is 11.6 Å². The van der Waals surface area contributed by atoms with Crippen LogP contribution in [0, 0.1) is 13.8 Å². The van der Waals surface area contributed by atoms with Crippen LogP contribution in [0.15, 0.2) is 53.5 Å². The Kier molecular flexibility index (Phi) is 5.67. The molecule has 0 aliphatic rings. The molecule has 0 aliphatic carbocycles. The molecule has 0 bridgehead atoms. The highest BCUT2D eigenvalue weighted by Gasteiger charge is 2.15. The van der Waals surface area contributed by atoms with Gasteiger partial charge in [-0.25, -0.2) is 4.79 Å². The molecule has 5 heteroatoms. The predicted molar refractivity (Wildman–Crippen MR) is 120 cm³/mol. The number of carboxylic acid groups (broad SMARTS) is 1. The predicted octanol–water partition coefficient (Wildman–Crippen LogP) is 6.49. The van der Waals surface area contributed by atoms with E-state index in [1.165, 1.54) is 11.6 Å². The van der Waals surface area contributed by atoms with Gasteiger partial charge >= 0.3 is 5.97 Å². The molecule has 1 aromatic heterocycles. The second-order valence-corrected chi connectivity index (χ2v) is 8.59. The number of aliphatic imine (C=N–C) groups is 1. The van der Waals surface area contributed by atoms with E-state index in [1.54, 1.807) is 18.3 Å². The van der Waals surface area contributed by atoms with Crippen molar-refractivity contribution < 1.29 is 9.90 Å². The number of nitrogens with zero attached hydrogens (tertiary/aromatic N) is 2. The van der Waals surface area contributed by atoms with Crippen LogP contribution in [-0.4, -0.2) is 21.9 Å². The minimum Gasteiger partial charge on any atom is -0.478 e. The van der Waals surface area contributed by atoms with Gasteiger partial charge in [0.2, 0.25) is 0 Å². The first-order chi connectivity index (χ1) is 13.6. The van der Waals surface area contributed by atoms with Crippen LogP contribution in [0.3, 0.4) is 0 Å². The molecule has 0 aliphatic heterocycles. The summed E-state index contributed by atoms with van der Waals surface area (Å²) in [6, 6.07) is 15.4. The van der Waals surface area contributed by atoms with Gasteiger partial charge < -0.3 is 9.67 Å². The van der Waals surface area contributed by atoms with E-state index in [9.17, 15) is 9.90 Å². The van der Waals surface area contributed by atoms with E-state index in [2.05, 4.69) is 74.5 Å². The van der Waals surface area contributed by atoms with Crippen molar-refractivity contribution in [2.75, 3.05) is 0 Å². The number of benzene rings is 2. The maximum atomic E-state index is 11.3. The van der Waals surface area contributed by atoms with E-state index in [1.807, 2.05) is 0 Å². The summed E-state index contributed by atoms with van der Waals surface area (Å²) in [5, 5.41) is 9.42. The van der Waals surface area contributed by atoms with Crippen molar-refractivity contribution in [2.24, 2.45) is 4.99 Å². The van der Waals surface area contributed by atoms with E-state index in [0.717, 1.165) is 22.6 Å². The molecular formula is C24H25ClN2O2. The highest BCUT2D eigenvalue weighted by molar-refractivity contribution is 6.33. The molecular weight excluding hydrogens is 384 g/mol. The van der Waals surface area contributed by atoms with Crippen molar-refractivity contribution >= 4 is 29.5 Å². The van der Waals surface area contributed by atoms with Crippen molar-refractivity contribution in [2.45, 2.75) is 40.0 Å². The van der Waals surface area contributed by atoms with Crippen molar-refractivity contribution in [3.05, 3.63) is 81.6 Å². The van der Waals surface area contributed by atoms with Gasteiger partial charge in [-0.15, -0.1) is 0 Å². The number of halogens is 1. The number of aryl methyl sites for hydroxylation is 1. The highest BCUT2D eigenvalue weighted by atomic mass is 35.5. The number of hydrogen-bond donors (Lipinski definition) is 1. The van der Waals surface area contributed by atoms with Crippen molar-refractivity contribution in [1.29, 1.82) is 0 Å². The van der Waals surface area contributed by atoms with Crippen LogP contribution < -0.4 is 0 Å². The third-order valence-electron chi connectivity index (χ3n) is 4.99. The zero-order valence-corrected chi connectivity index (χ0v) is 18.1. The zero-order chi connectivity index (χ0) is 21.3. The molecule has 0 unspecified atom stereocenters. The first-order valence-corrected chi connectivity index (χ1v) is 9.82. The van der Waals surface area contributed by atoms with Gasteiger partial charge in [-0.05, 0) is 61.2 Å². The van der Waals surface area contributed by atoms with E-state index < -0.39 is 5.97 Å². The molecule has 0 amide bonds. The van der Waals surface area contributed by atoms with Gasteiger partial charge in [0, 0.05) is 28.9 Å². The van der Waals surface area contributed by atoms with Crippen LogP contribution in [0.2, 0.25) is 5.02 Å². The summed E-state index contributed by atoms with van der Waals surface area (Å²) in [7, 11) is 0. The second kappa shape index (κ2) is 7.88. The van der Waals surface area contributed by atoms with Crippen LogP contribution in [0.5, 0.6) is 0 Å². The Bertz CT molecular complexity index is 1090. The summed E-state index contributed by atoms with van der Waals surface area (Å²) >= 11 is 5.93. The molecule has 150 valence electrons. The van der Waals surface area contributed by atoms with Crippen molar-refractivity contribution in [1.82, 2.24) is 4.57 Å². The molecule has 2 aromatic carbocycles. The quantitative estimate of drug-likeness (QED) is 0.501. The van der Waals surface area contributed by atoms with E-state index in [0.29, 0.717) is 5.69 Å². The van der Waals surface area contributed by atoms with Gasteiger partial charge in [0.15, 0.2) is 0 Å². The van der Waals surface area contributed by atoms with Gasteiger partial charge in [-0.2, -0.15) is 0 Å². The summed E-state index contributed by atoms with van der Waals surface area (Å²) < 4.78 is 2.19. The average molecular weight is 409 g/mol. The molecule has 1 heterocycles. The molecule has 1 N–H and O–H groups in total. The summed E-state index contributed by atoms with van der Waals surface area (Å²) in [6.07, 6.45) is 1.76. The molecule has 4 nitrogen and oxygen atoms in total. The third kappa shape index (κ3) is 4.43. The van der Waals surface area contributed by atoms with Gasteiger partial charge in [-0.3, -0.25) is 4.99 Å². The smallest absolute Gasteiger partial charge is 0.337 e. The molecule has 3 rings (SSSR count). The fraction of sp³-hybridized carbons (Fsp3) is 0.250. The SMILES string of the molecule is Cc1cc(C=Nc2ccc(Cl)c(C(=O)O)c2)c(C)n1-c1ccc(C(C)(C)C)cc1. The van der Waals surface area contributed by atoms with Gasteiger partial charge in [0.1, 0.15) is 0 Å². The monoisotopic (exact) mass is 408 g/mol. The van der Waals surface area contributed by atoms with Crippen LogP contribution in [0.1, 0.15) is 53.6 Å². The Morgan fingerprint density at radius 1 is 1.07 bits per heavy atom. The first kappa shape index (κ1) is 20.9. The first-order valence-electron chi connectivity index (χ1n) is 9.44. The molecule has 0 atom stereocenters. The van der Waals surface area contributed by atoms with Crippen molar-refractivity contribution in [3.8, 4) is 5.69 Å². The fourth-order valence-electron chi connectivity index (χ4n) is 3.33. The van der Waals surface area contributed by atoms with E-state index in [-0.39, 0.29) is 16.0 Å². The Hall–Kier alpha value is -2.85. The minimum atomic E-state index is -1.07. The number of hydrogen-bond acceptors (Lipinski definition) is 2. The lowest BCUT2D eigenvalue weighted by Crippen LogP contribution is -2.11. The number of aromatic nitrogens is 1. The van der Waals surface area contributed by atoms with Crippen LogP contribution >= 0.6 is 11.6 Å². The lowest BCUT2D eigenvalue weighted by Gasteiger charge is -2.20. The largest absolute Gasteiger partial charge is 0.478 e. The topological polar surface area (TPSA) is 54.6 Å². The standard InChI is InChI=1S/C24H25ClN2O2/c1-15-12-17(14-26-19-8-11-22(25)21(13-19)23(28)29)16(2)27(15)20-9-6-18(7-10-20)24(3,4)5/h6-14H,1-5H3,(H,28,29). The lowest BCUT2D eigenvalue weighted by atomic mass is 9.87. The summed E-state index contributed by atoms with van der Waals surface area (Å²) in [5.41, 5.74) is 6.27. The molecule has 3 aromatic rings. The summed E-state index contributed by atoms with van der Waals surface area (Å²) in [5.74, 6) is -1.07. The lowest BCUT2D eigenvalue weighted by molar-refractivity contribution is 0.0697. The molecule has 0 spiro atoms. The number of carboxylic acids is 1. The highest BCUT2D eigenvalue weighted by Crippen LogP contribution is 2.26. The normalized spacial score (nSPS) is 11.9. The molecule has 0 fully saturated rings. The Morgan fingerprint density at radius 3 is 2.31 bits per heavy atom. The minimum absolute atomic E-state index is 0.0470. The van der Waals surface area contributed by atoms with Gasteiger partial charge in [0.25, 0.3) is 0 Å². The molecule has 29 heavy (non-hydrogen) atoms. The Morgan fingerprint density at radius 2 is 1.72 bits per heavy atom. The van der Waals surface area contributed by atoms with Crippen LogP contribution in [-0.2, 0) is 5.41 Å². The second-order valence-electron chi connectivity index (χ2n) is 8.19. The third-order valence-corrected chi connectivity index (χ3v) is 5.32. The average Bonchev–Trinajstić information content (AvgIpc) is 2.93. The fourth-order valence-corrected chi connectivity index (χ4v) is 3.53. The number of carbonyl (C=O) groups is 1. The molecule has 0 saturated carbocycles. The number of aromatic carboxylic acids is 1. The Labute approximate surface area is 176 Å². The maximum Gasteiger partial charge on any atom is 0.337 e. The van der Waals surface area contributed by atoms with Gasteiger partial charge in [-0.1, -0.05) is 44.5 Å². The number of rotatable bonds is 4. The van der Waals surface area contributed by atoms with Crippen molar-refractivity contribution in [3.63, 3.8) is 0 Å². The van der Waals surface area contributed by atoms with Crippen LogP contribution in [0.4, 0.5) is 5.69 Å². The molecule has 0 radical (unpaired) electrons. The maximum absolute atomic E-state index is 11.3. The Balaban J connectivity index is 1.93. The summed E-state index contributed by atoms with van der Waals surface area (Å²) in [4.78, 5) is 15.7. The van der Waals surface area contributed by atoms with Gasteiger partial charge in [0.05, 0.1) is 16.3 Å².